The van der Waals surface area contributed by atoms with E-state index in [2.05, 4.69) is 15.0 Å². The number of morpholine rings is 1. The molecule has 0 bridgehead atoms. The predicted octanol–water partition coefficient (Wildman–Crippen LogP) is 2.66. The number of hydrogen-bond acceptors (Lipinski definition) is 7. The third kappa shape index (κ3) is 4.58. The van der Waals surface area contributed by atoms with E-state index in [0.29, 0.717) is 17.3 Å². The van der Waals surface area contributed by atoms with Gasteiger partial charge in [0.05, 0.1) is 33.2 Å². The summed E-state index contributed by atoms with van der Waals surface area (Å²) in [4.78, 5) is 6.47. The van der Waals surface area contributed by atoms with E-state index in [4.69, 9.17) is 26.8 Å². The summed E-state index contributed by atoms with van der Waals surface area (Å²) in [5.74, 6) is 1.45. The molecule has 1 fully saturated rings. The van der Waals surface area contributed by atoms with Gasteiger partial charge in [-0.25, -0.2) is 4.68 Å². The molecule has 8 nitrogen and oxygen atoms in total. The van der Waals surface area contributed by atoms with Crippen LogP contribution >= 0.6 is 12.2 Å². The van der Waals surface area contributed by atoms with Crippen LogP contribution < -0.4 is 4.74 Å². The van der Waals surface area contributed by atoms with Gasteiger partial charge in [-0.3, -0.25) is 9.88 Å². The summed E-state index contributed by atoms with van der Waals surface area (Å²) in [6.07, 6.45) is 5.25. The van der Waals surface area contributed by atoms with Gasteiger partial charge in [-0.15, -0.1) is 5.10 Å². The minimum Gasteiger partial charge on any atom is -0.497 e. The van der Waals surface area contributed by atoms with Crippen molar-refractivity contribution in [3.8, 4) is 17.1 Å². The third-order valence-electron chi connectivity index (χ3n) is 4.61. The predicted molar refractivity (Wildman–Crippen MR) is 113 cm³/mol. The maximum absolute atomic E-state index is 5.69. The van der Waals surface area contributed by atoms with E-state index in [1.165, 1.54) is 0 Å². The largest absolute Gasteiger partial charge is 0.497 e. The van der Waals surface area contributed by atoms with Gasteiger partial charge >= 0.3 is 0 Å². The molecule has 0 amide bonds. The first kappa shape index (κ1) is 19.4. The highest BCUT2D eigenvalue weighted by Crippen LogP contribution is 2.18. The van der Waals surface area contributed by atoms with Crippen molar-refractivity contribution in [1.29, 1.82) is 0 Å². The fourth-order valence-electron chi connectivity index (χ4n) is 3.02. The van der Waals surface area contributed by atoms with Crippen molar-refractivity contribution < 1.29 is 9.47 Å². The summed E-state index contributed by atoms with van der Waals surface area (Å²) in [6.45, 7) is 3.75. The van der Waals surface area contributed by atoms with Gasteiger partial charge in [0.2, 0.25) is 4.77 Å². The molecule has 1 aliphatic heterocycles. The molecule has 1 aromatic carbocycles. The van der Waals surface area contributed by atoms with E-state index in [0.717, 1.165) is 43.2 Å². The summed E-state index contributed by atoms with van der Waals surface area (Å²) in [5.41, 5.74) is 1.79. The lowest BCUT2D eigenvalue weighted by Crippen LogP contribution is -2.37. The molecular weight excluding hydrogens is 388 g/mol. The molecule has 3 aromatic rings. The zero-order valence-corrected chi connectivity index (χ0v) is 17.0. The van der Waals surface area contributed by atoms with Crippen LogP contribution in [0.4, 0.5) is 0 Å². The molecule has 1 aliphatic rings. The molecule has 29 heavy (non-hydrogen) atoms. The fraction of sp³-hybridized carbons (Fsp3) is 0.300. The van der Waals surface area contributed by atoms with Crippen molar-refractivity contribution in [2.75, 3.05) is 33.4 Å². The number of nitrogens with zero attached hydrogens (tertiary/aromatic N) is 6. The lowest BCUT2D eigenvalue weighted by atomic mass is 10.2. The first-order valence-electron chi connectivity index (χ1n) is 9.33. The van der Waals surface area contributed by atoms with Gasteiger partial charge < -0.3 is 9.47 Å². The molecule has 4 rings (SSSR count). The average Bonchev–Trinajstić information content (AvgIpc) is 3.09. The lowest BCUT2D eigenvalue weighted by molar-refractivity contribution is 0.0210. The second-order valence-electron chi connectivity index (χ2n) is 6.55. The summed E-state index contributed by atoms with van der Waals surface area (Å²) in [6, 6.07) is 11.5. The molecule has 0 N–H and O–H groups in total. The van der Waals surface area contributed by atoms with Crippen LogP contribution in [0.1, 0.15) is 5.56 Å². The molecular formula is C20H22N6O2S. The minimum atomic E-state index is 0.528. The number of hydrogen-bond donors (Lipinski definition) is 0. The summed E-state index contributed by atoms with van der Waals surface area (Å²) in [5, 5.41) is 9.35. The van der Waals surface area contributed by atoms with Gasteiger partial charge in [0.25, 0.3) is 0 Å². The molecule has 0 spiro atoms. The maximum atomic E-state index is 5.69. The second kappa shape index (κ2) is 9.08. The highest BCUT2D eigenvalue weighted by atomic mass is 32.1. The first-order chi connectivity index (χ1) is 14.2. The van der Waals surface area contributed by atoms with Gasteiger partial charge in [0.15, 0.2) is 5.82 Å². The van der Waals surface area contributed by atoms with Crippen molar-refractivity contribution in [2.45, 2.75) is 6.67 Å². The zero-order valence-electron chi connectivity index (χ0n) is 16.1. The van der Waals surface area contributed by atoms with Crippen LogP contribution in [-0.4, -0.2) is 64.0 Å². The quantitative estimate of drug-likeness (QED) is 0.460. The number of rotatable bonds is 6. The molecule has 150 valence electrons. The molecule has 9 heteroatoms. The SMILES string of the molecule is COc1ccc(C=Nn2c(-c3cccnc3)nn(CN3CCOCC3)c2=S)cc1. The van der Waals surface area contributed by atoms with Crippen LogP contribution in [0.3, 0.4) is 0 Å². The summed E-state index contributed by atoms with van der Waals surface area (Å²) >= 11 is 5.69. The van der Waals surface area contributed by atoms with Crippen molar-refractivity contribution in [3.05, 3.63) is 59.1 Å². The Labute approximate surface area is 174 Å². The Balaban J connectivity index is 1.68. The first-order valence-corrected chi connectivity index (χ1v) is 9.74. The normalized spacial score (nSPS) is 15.1. The lowest BCUT2D eigenvalue weighted by Gasteiger charge is -2.25. The molecule has 0 unspecified atom stereocenters. The molecule has 3 heterocycles. The molecule has 1 saturated heterocycles. The Morgan fingerprint density at radius 3 is 2.69 bits per heavy atom. The fourth-order valence-corrected chi connectivity index (χ4v) is 3.25. The summed E-state index contributed by atoms with van der Waals surface area (Å²) < 4.78 is 14.6. The number of pyridine rings is 1. The molecule has 0 saturated carbocycles. The molecule has 2 aromatic heterocycles. The Morgan fingerprint density at radius 2 is 2.00 bits per heavy atom. The zero-order chi connectivity index (χ0) is 20.1. The van der Waals surface area contributed by atoms with Crippen molar-refractivity contribution in [1.82, 2.24) is 24.3 Å². The number of methoxy groups -OCH3 is 1. The van der Waals surface area contributed by atoms with Gasteiger partial charge in [0.1, 0.15) is 5.75 Å². The second-order valence-corrected chi connectivity index (χ2v) is 6.91. The standard InChI is InChI=1S/C20H22N6O2S/c1-27-18-6-4-16(5-7-18)13-22-26-19(17-3-2-8-21-14-17)23-25(20(26)29)15-24-9-11-28-12-10-24/h2-8,13-14H,9-12,15H2,1H3. The van der Waals surface area contributed by atoms with E-state index in [1.807, 2.05) is 36.4 Å². The smallest absolute Gasteiger partial charge is 0.220 e. The molecule has 0 radical (unpaired) electrons. The van der Waals surface area contributed by atoms with Crippen LogP contribution in [0, 0.1) is 4.77 Å². The van der Waals surface area contributed by atoms with Gasteiger partial charge in [-0.05, 0) is 54.2 Å². The highest BCUT2D eigenvalue weighted by Gasteiger charge is 2.16. The van der Waals surface area contributed by atoms with Crippen molar-refractivity contribution in [2.24, 2.45) is 5.10 Å². The third-order valence-corrected chi connectivity index (χ3v) is 5.00. The molecule has 0 aliphatic carbocycles. The van der Waals surface area contributed by atoms with E-state index >= 15 is 0 Å². The topological polar surface area (TPSA) is 69.7 Å². The van der Waals surface area contributed by atoms with Crippen molar-refractivity contribution in [3.63, 3.8) is 0 Å². The number of ether oxygens (including phenoxy) is 2. The van der Waals surface area contributed by atoms with Gasteiger partial charge in [-0.2, -0.15) is 9.78 Å². The Kier molecular flexibility index (Phi) is 6.09. The van der Waals surface area contributed by atoms with Gasteiger partial charge in [-0.1, -0.05) is 0 Å². The summed E-state index contributed by atoms with van der Waals surface area (Å²) in [7, 11) is 1.64. The average molecular weight is 411 g/mol. The van der Waals surface area contributed by atoms with E-state index < -0.39 is 0 Å². The molecule has 0 atom stereocenters. The Bertz CT molecular complexity index is 1020. The van der Waals surface area contributed by atoms with E-state index in [9.17, 15) is 0 Å². The highest BCUT2D eigenvalue weighted by molar-refractivity contribution is 7.71. The van der Waals surface area contributed by atoms with Crippen molar-refractivity contribution >= 4 is 18.4 Å². The van der Waals surface area contributed by atoms with Crippen LogP contribution in [0.15, 0.2) is 53.9 Å². The Hall–Kier alpha value is -2.88. The number of benzene rings is 1. The van der Waals surface area contributed by atoms with Crippen LogP contribution in [-0.2, 0) is 11.4 Å². The van der Waals surface area contributed by atoms with E-state index in [1.54, 1.807) is 35.1 Å². The Morgan fingerprint density at radius 1 is 1.21 bits per heavy atom. The minimum absolute atomic E-state index is 0.528. The maximum Gasteiger partial charge on any atom is 0.220 e. The van der Waals surface area contributed by atoms with Crippen LogP contribution in [0.5, 0.6) is 5.75 Å². The van der Waals surface area contributed by atoms with Crippen LogP contribution in [0.2, 0.25) is 0 Å². The van der Waals surface area contributed by atoms with Gasteiger partial charge in [0, 0.05) is 31.0 Å². The van der Waals surface area contributed by atoms with Crippen LogP contribution in [0.25, 0.3) is 11.4 Å². The monoisotopic (exact) mass is 410 g/mol. The number of aromatic nitrogens is 4. The van der Waals surface area contributed by atoms with E-state index in [-0.39, 0.29) is 0 Å².